The minimum Gasteiger partial charge on any atom is -0.490 e. The zero-order valence-corrected chi connectivity index (χ0v) is 26.4. The average molecular weight is 629 g/mol. The molecular formula is C33H41ClN2O6S. The van der Waals surface area contributed by atoms with Crippen LogP contribution in [0.3, 0.4) is 0 Å². The molecule has 0 radical (unpaired) electrons. The second-order valence-corrected chi connectivity index (χ2v) is 15.0. The number of ether oxygens (including phenoxy) is 2. The molecule has 1 spiro atoms. The number of amides is 1. The molecule has 232 valence electrons. The first-order valence-corrected chi connectivity index (χ1v) is 17.3. The van der Waals surface area contributed by atoms with E-state index >= 15 is 0 Å². The van der Waals surface area contributed by atoms with Crippen molar-refractivity contribution in [3.8, 4) is 5.75 Å². The predicted octanol–water partition coefficient (Wildman–Crippen LogP) is 5.01. The van der Waals surface area contributed by atoms with Crippen LogP contribution in [0, 0.1) is 11.8 Å². The number of carbonyl (C=O) groups is 1. The summed E-state index contributed by atoms with van der Waals surface area (Å²) in [7, 11) is -2.59. The number of anilines is 1. The van der Waals surface area contributed by atoms with E-state index in [4.69, 9.17) is 21.1 Å². The number of aryl methyl sites for hydroxylation is 1. The summed E-state index contributed by atoms with van der Waals surface area (Å²) in [4.78, 5) is 15.8. The molecule has 1 amide bonds. The average Bonchev–Trinajstić information content (AvgIpc) is 3.10. The van der Waals surface area contributed by atoms with Crippen molar-refractivity contribution in [3.05, 3.63) is 70.3 Å². The molecule has 4 aliphatic rings. The quantitative estimate of drug-likeness (QED) is 0.450. The third kappa shape index (κ3) is 5.81. The van der Waals surface area contributed by atoms with Crippen LogP contribution in [-0.4, -0.2) is 63.7 Å². The summed E-state index contributed by atoms with van der Waals surface area (Å²) in [5, 5.41) is 11.0. The van der Waals surface area contributed by atoms with Gasteiger partial charge in [0.15, 0.2) is 0 Å². The molecule has 2 aliphatic carbocycles. The van der Waals surface area contributed by atoms with Crippen LogP contribution < -0.4 is 14.4 Å². The van der Waals surface area contributed by atoms with Gasteiger partial charge in [0.05, 0.1) is 24.5 Å². The zero-order chi connectivity index (χ0) is 30.4. The predicted molar refractivity (Wildman–Crippen MR) is 167 cm³/mol. The van der Waals surface area contributed by atoms with Crippen molar-refractivity contribution >= 4 is 33.2 Å². The van der Waals surface area contributed by atoms with Gasteiger partial charge in [-0.05, 0) is 98.2 Å². The number of aliphatic hydroxyl groups is 1. The van der Waals surface area contributed by atoms with E-state index in [1.165, 1.54) is 18.2 Å². The van der Waals surface area contributed by atoms with Crippen molar-refractivity contribution in [2.45, 2.75) is 74.7 Å². The number of hydrogen-bond acceptors (Lipinski definition) is 7. The van der Waals surface area contributed by atoms with E-state index in [1.807, 2.05) is 12.1 Å². The van der Waals surface area contributed by atoms with Crippen molar-refractivity contribution in [3.63, 3.8) is 0 Å². The molecule has 1 fully saturated rings. The Morgan fingerprint density at radius 3 is 2.79 bits per heavy atom. The maximum absolute atomic E-state index is 13.5. The van der Waals surface area contributed by atoms with Gasteiger partial charge >= 0.3 is 0 Å². The number of hydrogen-bond donors (Lipinski definition) is 2. The van der Waals surface area contributed by atoms with Crippen molar-refractivity contribution in [2.75, 3.05) is 31.7 Å². The molecular weight excluding hydrogens is 588 g/mol. The van der Waals surface area contributed by atoms with Gasteiger partial charge in [-0.25, -0.2) is 13.1 Å². The third-order valence-corrected chi connectivity index (χ3v) is 12.3. The SMILES string of the molecule is CC[C@@H]1[C@H](OC)C/C=C\[C@H](O)[C@@H]2CC[C@H]2CN2C[C@@]3(CCCc4cc(Cl)ccc43)COc3ccc(cc32)C(=O)NS1(=O)=O. The number of halogens is 1. The Labute approximate surface area is 259 Å². The molecule has 2 heterocycles. The lowest BCUT2D eigenvalue weighted by Crippen LogP contribution is -2.49. The Hall–Kier alpha value is -2.59. The maximum Gasteiger partial charge on any atom is 0.264 e. The second kappa shape index (κ2) is 12.1. The molecule has 2 aromatic rings. The third-order valence-electron chi connectivity index (χ3n) is 10.1. The molecule has 6 atom stereocenters. The van der Waals surface area contributed by atoms with Gasteiger partial charge in [0, 0.05) is 36.2 Å². The highest BCUT2D eigenvalue weighted by atomic mass is 35.5. The lowest BCUT2D eigenvalue weighted by molar-refractivity contribution is 0.0451. The lowest BCUT2D eigenvalue weighted by Gasteiger charge is -2.45. The van der Waals surface area contributed by atoms with Crippen molar-refractivity contribution in [1.82, 2.24) is 4.72 Å². The molecule has 2 aromatic carbocycles. The zero-order valence-electron chi connectivity index (χ0n) is 24.8. The summed E-state index contributed by atoms with van der Waals surface area (Å²) < 4.78 is 41.3. The summed E-state index contributed by atoms with van der Waals surface area (Å²) >= 11 is 6.39. The van der Waals surface area contributed by atoms with Gasteiger partial charge in [-0.15, -0.1) is 0 Å². The minimum absolute atomic E-state index is 0.0864. The molecule has 43 heavy (non-hydrogen) atoms. The number of nitrogens with zero attached hydrogens (tertiary/aromatic N) is 1. The number of rotatable bonds is 2. The van der Waals surface area contributed by atoms with Crippen LogP contribution in [0.25, 0.3) is 0 Å². The smallest absolute Gasteiger partial charge is 0.264 e. The Morgan fingerprint density at radius 2 is 2.05 bits per heavy atom. The lowest BCUT2D eigenvalue weighted by atomic mass is 9.68. The van der Waals surface area contributed by atoms with Crippen LogP contribution in [0.4, 0.5) is 5.69 Å². The highest BCUT2D eigenvalue weighted by Crippen LogP contribution is 2.46. The maximum atomic E-state index is 13.5. The molecule has 0 saturated heterocycles. The first kappa shape index (κ1) is 30.4. The van der Waals surface area contributed by atoms with E-state index < -0.39 is 33.4 Å². The van der Waals surface area contributed by atoms with E-state index in [2.05, 4.69) is 21.8 Å². The molecule has 2 bridgehead atoms. The topological polar surface area (TPSA) is 105 Å². The van der Waals surface area contributed by atoms with E-state index in [0.29, 0.717) is 31.9 Å². The Bertz CT molecular complexity index is 1510. The number of methoxy groups -OCH3 is 1. The van der Waals surface area contributed by atoms with E-state index in [9.17, 15) is 18.3 Å². The van der Waals surface area contributed by atoms with Crippen LogP contribution in [-0.2, 0) is 26.6 Å². The normalized spacial score (nSPS) is 32.8. The molecule has 2 aliphatic heterocycles. The Balaban J connectivity index is 1.42. The minimum atomic E-state index is -4.06. The van der Waals surface area contributed by atoms with Gasteiger partial charge in [-0.3, -0.25) is 4.79 Å². The Morgan fingerprint density at radius 1 is 1.21 bits per heavy atom. The first-order valence-electron chi connectivity index (χ1n) is 15.4. The van der Waals surface area contributed by atoms with E-state index in [0.717, 1.165) is 42.8 Å². The standard InChI is InChI=1S/C33H41ClN2O6S/c1-3-31-30(41-2)8-4-7-28(37)25-12-9-23(25)18-36-19-33(15-5-6-21-16-24(34)11-13-26(21)33)20-42-29-14-10-22(17-27(29)36)32(38)35-43(31,39)40/h4,7,10-11,13-14,16-17,23,25,28,30-31,37H,3,5-6,8-9,12,15,18-20H2,1-2H3,(H,35,38)/b7-4-/t23-,25+,28-,30+,31+,33-/m0/s1. The van der Waals surface area contributed by atoms with Gasteiger partial charge in [0.25, 0.3) is 5.91 Å². The van der Waals surface area contributed by atoms with Crippen molar-refractivity contribution in [1.29, 1.82) is 0 Å². The van der Waals surface area contributed by atoms with Crippen LogP contribution in [0.15, 0.2) is 48.6 Å². The number of fused-ring (bicyclic) bond motifs is 4. The second-order valence-electron chi connectivity index (χ2n) is 12.6. The number of aliphatic hydroxyl groups excluding tert-OH is 1. The summed E-state index contributed by atoms with van der Waals surface area (Å²) in [6.07, 6.45) is 7.74. The molecule has 1 saturated carbocycles. The summed E-state index contributed by atoms with van der Waals surface area (Å²) in [6.45, 7) is 3.63. The van der Waals surface area contributed by atoms with Gasteiger partial charge in [-0.2, -0.15) is 0 Å². The first-order chi connectivity index (χ1) is 20.6. The molecule has 8 nitrogen and oxygen atoms in total. The fourth-order valence-electron chi connectivity index (χ4n) is 7.65. The van der Waals surface area contributed by atoms with Gasteiger partial charge in [0.2, 0.25) is 10.0 Å². The van der Waals surface area contributed by atoms with E-state index in [-0.39, 0.29) is 29.2 Å². The Kier molecular flexibility index (Phi) is 8.54. The van der Waals surface area contributed by atoms with Crippen LogP contribution in [0.2, 0.25) is 5.02 Å². The van der Waals surface area contributed by atoms with Crippen LogP contribution >= 0.6 is 11.6 Å². The molecule has 10 heteroatoms. The summed E-state index contributed by atoms with van der Waals surface area (Å²) in [6, 6.07) is 11.3. The van der Waals surface area contributed by atoms with Gasteiger partial charge < -0.3 is 19.5 Å². The van der Waals surface area contributed by atoms with Crippen molar-refractivity contribution < 1.29 is 27.8 Å². The number of carbonyl (C=O) groups excluding carboxylic acids is 1. The fraction of sp³-hybridized carbons (Fsp3) is 0.545. The summed E-state index contributed by atoms with van der Waals surface area (Å²) in [5.41, 5.74) is 3.25. The number of nitrogens with one attached hydrogen (secondary N) is 1. The number of sulfonamides is 1. The monoisotopic (exact) mass is 628 g/mol. The van der Waals surface area contributed by atoms with Crippen LogP contribution in [0.5, 0.6) is 5.75 Å². The highest BCUT2D eigenvalue weighted by Gasteiger charge is 2.44. The van der Waals surface area contributed by atoms with Crippen LogP contribution in [0.1, 0.15) is 66.9 Å². The summed E-state index contributed by atoms with van der Waals surface area (Å²) in [5.74, 6) is 0.333. The fourth-order valence-corrected chi connectivity index (χ4v) is 9.43. The van der Waals surface area contributed by atoms with Crippen molar-refractivity contribution in [2.24, 2.45) is 11.8 Å². The van der Waals surface area contributed by atoms with Gasteiger partial charge in [0.1, 0.15) is 11.0 Å². The number of benzene rings is 2. The molecule has 0 unspecified atom stereocenters. The molecule has 0 aromatic heterocycles. The largest absolute Gasteiger partial charge is 0.490 e. The molecule has 2 N–H and O–H groups in total. The molecule has 6 rings (SSSR count). The highest BCUT2D eigenvalue weighted by molar-refractivity contribution is 7.90. The van der Waals surface area contributed by atoms with Gasteiger partial charge in [-0.1, -0.05) is 36.7 Å². The van der Waals surface area contributed by atoms with E-state index in [1.54, 1.807) is 31.2 Å².